The van der Waals surface area contributed by atoms with Gasteiger partial charge < -0.3 is 10.4 Å². The lowest BCUT2D eigenvalue weighted by atomic mass is 10.1. The monoisotopic (exact) mass is 330 g/mol. The summed E-state index contributed by atoms with van der Waals surface area (Å²) in [7, 11) is 1.82. The second-order valence-corrected chi connectivity index (χ2v) is 6.65. The van der Waals surface area contributed by atoms with Crippen LogP contribution in [0.25, 0.3) is 0 Å². The highest BCUT2D eigenvalue weighted by Gasteiger charge is 2.36. The van der Waals surface area contributed by atoms with E-state index in [9.17, 15) is 9.90 Å². The molecule has 2 unspecified atom stereocenters. The highest BCUT2D eigenvalue weighted by molar-refractivity contribution is 6.35. The van der Waals surface area contributed by atoms with Crippen LogP contribution < -0.4 is 5.32 Å². The molecule has 0 saturated carbocycles. The first kappa shape index (κ1) is 16.6. The molecule has 2 N–H and O–H groups in total. The third kappa shape index (κ3) is 3.69. The molecular weight excluding hydrogens is 311 g/mol. The molecule has 0 radical (unpaired) electrons. The van der Waals surface area contributed by atoms with Crippen LogP contribution in [-0.4, -0.2) is 41.7 Å². The zero-order valence-corrected chi connectivity index (χ0v) is 13.9. The van der Waals surface area contributed by atoms with E-state index in [1.807, 2.05) is 31.9 Å². The molecule has 2 rings (SSSR count). The molecule has 0 aliphatic heterocycles. The van der Waals surface area contributed by atoms with E-state index in [0.29, 0.717) is 16.5 Å². The van der Waals surface area contributed by atoms with E-state index in [4.69, 9.17) is 23.2 Å². The van der Waals surface area contributed by atoms with E-state index >= 15 is 0 Å². The summed E-state index contributed by atoms with van der Waals surface area (Å²) >= 11 is 12.2. The lowest BCUT2D eigenvalue weighted by Gasteiger charge is -2.27. The summed E-state index contributed by atoms with van der Waals surface area (Å²) < 4.78 is 0. The number of rotatable bonds is 4. The average Bonchev–Trinajstić information content (AvgIpc) is 2.64. The molecule has 1 aliphatic rings. The summed E-state index contributed by atoms with van der Waals surface area (Å²) in [5.74, 6) is -0.0683. The fourth-order valence-electron chi connectivity index (χ4n) is 2.85. The summed E-state index contributed by atoms with van der Waals surface area (Å²) in [6, 6.07) is 3.33. The zero-order valence-electron chi connectivity index (χ0n) is 12.4. The van der Waals surface area contributed by atoms with Crippen molar-refractivity contribution in [3.63, 3.8) is 0 Å². The van der Waals surface area contributed by atoms with Crippen LogP contribution in [0.15, 0.2) is 12.1 Å². The predicted octanol–water partition coefficient (Wildman–Crippen LogP) is 2.41. The van der Waals surface area contributed by atoms with Crippen molar-refractivity contribution in [3.05, 3.63) is 33.3 Å². The van der Waals surface area contributed by atoms with E-state index in [1.54, 1.807) is 6.07 Å². The molecule has 116 valence electrons. The SMILES string of the molecule is CC(C)NC(=O)CN(C)C1c2cc(Cl)cc(Cl)c2CC1O. The third-order valence-electron chi connectivity index (χ3n) is 3.61. The Morgan fingerprint density at radius 2 is 2.14 bits per heavy atom. The normalized spacial score (nSPS) is 21.0. The third-order valence-corrected chi connectivity index (χ3v) is 4.16. The lowest BCUT2D eigenvalue weighted by Crippen LogP contribution is -2.41. The maximum absolute atomic E-state index is 11.9. The Labute approximate surface area is 135 Å². The minimum atomic E-state index is -0.590. The van der Waals surface area contributed by atoms with Crippen molar-refractivity contribution in [1.29, 1.82) is 0 Å². The maximum atomic E-state index is 11.9. The maximum Gasteiger partial charge on any atom is 0.234 e. The number of hydrogen-bond acceptors (Lipinski definition) is 3. The first-order valence-electron chi connectivity index (χ1n) is 6.95. The van der Waals surface area contributed by atoms with Crippen LogP contribution in [0.1, 0.15) is 31.0 Å². The first-order chi connectivity index (χ1) is 9.79. The molecule has 0 fully saturated rings. The average molecular weight is 331 g/mol. The molecule has 0 heterocycles. The first-order valence-corrected chi connectivity index (χ1v) is 7.70. The number of fused-ring (bicyclic) bond motifs is 1. The van der Waals surface area contributed by atoms with Gasteiger partial charge in [-0.3, -0.25) is 9.69 Å². The molecule has 0 saturated heterocycles. The van der Waals surface area contributed by atoms with Crippen LogP contribution in [0.2, 0.25) is 10.0 Å². The number of aliphatic hydroxyl groups is 1. The van der Waals surface area contributed by atoms with E-state index < -0.39 is 6.10 Å². The Kier molecular flexibility index (Phi) is 5.15. The van der Waals surface area contributed by atoms with E-state index in [1.165, 1.54) is 0 Å². The highest BCUT2D eigenvalue weighted by Crippen LogP contribution is 2.40. The minimum absolute atomic E-state index is 0.0683. The van der Waals surface area contributed by atoms with Crippen molar-refractivity contribution < 1.29 is 9.90 Å². The summed E-state index contributed by atoms with van der Waals surface area (Å²) in [5.41, 5.74) is 1.81. The fourth-order valence-corrected chi connectivity index (χ4v) is 3.44. The molecule has 2 atom stereocenters. The van der Waals surface area contributed by atoms with Gasteiger partial charge in [0, 0.05) is 22.5 Å². The van der Waals surface area contributed by atoms with Gasteiger partial charge in [0.15, 0.2) is 0 Å². The van der Waals surface area contributed by atoms with Crippen LogP contribution in [0, 0.1) is 0 Å². The van der Waals surface area contributed by atoms with Crippen molar-refractivity contribution in [2.45, 2.75) is 38.5 Å². The minimum Gasteiger partial charge on any atom is -0.391 e. The van der Waals surface area contributed by atoms with Crippen LogP contribution in [0.3, 0.4) is 0 Å². The number of amides is 1. The number of hydrogen-bond donors (Lipinski definition) is 2. The molecule has 1 aliphatic carbocycles. The molecule has 1 aromatic rings. The quantitative estimate of drug-likeness (QED) is 0.891. The summed E-state index contributed by atoms with van der Waals surface area (Å²) in [4.78, 5) is 13.7. The summed E-state index contributed by atoms with van der Waals surface area (Å²) in [6.07, 6.45) is -0.112. The van der Waals surface area contributed by atoms with Crippen LogP contribution in [0.5, 0.6) is 0 Å². The molecule has 0 aromatic heterocycles. The number of carbonyl (C=O) groups excluding carboxylic acids is 1. The fraction of sp³-hybridized carbons (Fsp3) is 0.533. The number of aliphatic hydroxyl groups excluding tert-OH is 1. The Morgan fingerprint density at radius 1 is 1.48 bits per heavy atom. The van der Waals surface area contributed by atoms with Crippen molar-refractivity contribution in [3.8, 4) is 0 Å². The van der Waals surface area contributed by atoms with Crippen LogP contribution in [-0.2, 0) is 11.2 Å². The van der Waals surface area contributed by atoms with Crippen molar-refractivity contribution in [2.24, 2.45) is 0 Å². The Balaban J connectivity index is 2.20. The van der Waals surface area contributed by atoms with Crippen LogP contribution in [0.4, 0.5) is 0 Å². The summed E-state index contributed by atoms with van der Waals surface area (Å²) in [6.45, 7) is 4.04. The van der Waals surface area contributed by atoms with Crippen LogP contribution >= 0.6 is 23.2 Å². The van der Waals surface area contributed by atoms with E-state index in [0.717, 1.165) is 11.1 Å². The standard InChI is InChI=1S/C15H20Cl2N2O2/c1-8(2)18-14(21)7-19(3)15-11-4-9(16)5-12(17)10(11)6-13(15)20/h4-5,8,13,15,20H,6-7H2,1-3H3,(H,18,21). The second-order valence-electron chi connectivity index (χ2n) is 5.81. The van der Waals surface area contributed by atoms with Crippen molar-refractivity contribution >= 4 is 29.1 Å². The van der Waals surface area contributed by atoms with Gasteiger partial charge in [-0.15, -0.1) is 0 Å². The van der Waals surface area contributed by atoms with Gasteiger partial charge in [-0.1, -0.05) is 23.2 Å². The Hall–Kier alpha value is -0.810. The Morgan fingerprint density at radius 3 is 2.76 bits per heavy atom. The van der Waals surface area contributed by atoms with E-state index in [-0.39, 0.29) is 24.5 Å². The molecule has 0 bridgehead atoms. The molecule has 4 nitrogen and oxygen atoms in total. The van der Waals surface area contributed by atoms with Gasteiger partial charge in [-0.05, 0) is 44.2 Å². The zero-order chi connectivity index (χ0) is 15.7. The van der Waals surface area contributed by atoms with E-state index in [2.05, 4.69) is 5.32 Å². The lowest BCUT2D eigenvalue weighted by molar-refractivity contribution is -0.123. The van der Waals surface area contributed by atoms with Gasteiger partial charge in [0.05, 0.1) is 18.7 Å². The van der Waals surface area contributed by atoms with Gasteiger partial charge in [-0.25, -0.2) is 0 Å². The number of nitrogens with zero attached hydrogens (tertiary/aromatic N) is 1. The number of nitrogens with one attached hydrogen (secondary N) is 1. The number of benzene rings is 1. The number of halogens is 2. The largest absolute Gasteiger partial charge is 0.391 e. The molecule has 1 amide bonds. The molecular formula is C15H20Cl2N2O2. The van der Waals surface area contributed by atoms with Gasteiger partial charge in [-0.2, -0.15) is 0 Å². The number of carbonyl (C=O) groups is 1. The second kappa shape index (κ2) is 6.53. The highest BCUT2D eigenvalue weighted by atomic mass is 35.5. The molecule has 21 heavy (non-hydrogen) atoms. The summed E-state index contributed by atoms with van der Waals surface area (Å²) in [5, 5.41) is 14.3. The van der Waals surface area contributed by atoms with Gasteiger partial charge in [0.1, 0.15) is 0 Å². The predicted molar refractivity (Wildman–Crippen MR) is 84.8 cm³/mol. The topological polar surface area (TPSA) is 52.6 Å². The molecule has 0 spiro atoms. The van der Waals surface area contributed by atoms with Crippen molar-refractivity contribution in [1.82, 2.24) is 10.2 Å². The van der Waals surface area contributed by atoms with Crippen molar-refractivity contribution in [2.75, 3.05) is 13.6 Å². The van der Waals surface area contributed by atoms with Gasteiger partial charge in [0.25, 0.3) is 0 Å². The smallest absolute Gasteiger partial charge is 0.234 e. The Bertz CT molecular complexity index is 549. The number of likely N-dealkylation sites (N-methyl/N-ethyl adjacent to an activating group) is 1. The molecule has 1 aromatic carbocycles. The molecule has 6 heteroatoms. The van der Waals surface area contributed by atoms with Gasteiger partial charge >= 0.3 is 0 Å². The van der Waals surface area contributed by atoms with Gasteiger partial charge in [0.2, 0.25) is 5.91 Å².